The van der Waals surface area contributed by atoms with Crippen molar-refractivity contribution in [3.05, 3.63) is 59.7 Å². The molecule has 156 valence electrons. The maximum absolute atomic E-state index is 12.8. The van der Waals surface area contributed by atoms with Crippen molar-refractivity contribution in [1.29, 1.82) is 0 Å². The van der Waals surface area contributed by atoms with Crippen LogP contribution in [0.3, 0.4) is 0 Å². The highest BCUT2D eigenvalue weighted by Crippen LogP contribution is 2.74. The molecule has 0 radical (unpaired) electrons. The molecule has 3 fully saturated rings. The zero-order valence-electron chi connectivity index (χ0n) is 17.0. The number of fused-ring (bicyclic) bond motifs is 6. The molecule has 5 atom stereocenters. The van der Waals surface area contributed by atoms with Gasteiger partial charge in [0.05, 0.1) is 18.1 Å². The van der Waals surface area contributed by atoms with Crippen molar-refractivity contribution >= 4 is 5.97 Å². The number of hydrogen-bond donors (Lipinski definition) is 2. The minimum atomic E-state index is -1.11. The van der Waals surface area contributed by atoms with E-state index in [-0.39, 0.29) is 31.0 Å². The fourth-order valence-electron chi connectivity index (χ4n) is 6.60. The Labute approximate surface area is 175 Å². The summed E-state index contributed by atoms with van der Waals surface area (Å²) < 4.78 is 11.6. The molecule has 2 saturated carbocycles. The van der Waals surface area contributed by atoms with Gasteiger partial charge >= 0.3 is 5.97 Å². The standard InChI is InChI=1S/C25H26O5/c1-15-10-24(27)13-23(14-25(23,28)22(24)30-15)11-21(26)29-12-20-18-8-4-2-6-16(18)17-7-3-5-9-19(17)20/h2-9,15,20,22,27-28H,10-14H2,1H3/t15-,22-,23+,24+,25-/m0/s1. The van der Waals surface area contributed by atoms with Gasteiger partial charge in [0.1, 0.15) is 18.3 Å². The van der Waals surface area contributed by atoms with Crippen molar-refractivity contribution in [2.24, 2.45) is 5.41 Å². The molecule has 3 aliphatic carbocycles. The molecule has 0 bridgehead atoms. The van der Waals surface area contributed by atoms with Gasteiger partial charge < -0.3 is 19.7 Å². The van der Waals surface area contributed by atoms with E-state index in [2.05, 4.69) is 24.3 Å². The quantitative estimate of drug-likeness (QED) is 0.763. The smallest absolute Gasteiger partial charge is 0.306 e. The van der Waals surface area contributed by atoms with Gasteiger partial charge in [-0.2, -0.15) is 0 Å². The van der Waals surface area contributed by atoms with Crippen molar-refractivity contribution in [1.82, 2.24) is 0 Å². The summed E-state index contributed by atoms with van der Waals surface area (Å²) in [4.78, 5) is 12.8. The van der Waals surface area contributed by atoms with Crippen LogP contribution in [-0.4, -0.2) is 46.2 Å². The van der Waals surface area contributed by atoms with Gasteiger partial charge in [-0.25, -0.2) is 0 Å². The number of hydrogen-bond acceptors (Lipinski definition) is 5. The first-order valence-corrected chi connectivity index (χ1v) is 10.8. The van der Waals surface area contributed by atoms with E-state index in [0.29, 0.717) is 19.3 Å². The molecule has 2 N–H and O–H groups in total. The van der Waals surface area contributed by atoms with E-state index in [9.17, 15) is 15.0 Å². The van der Waals surface area contributed by atoms with Crippen LogP contribution in [0.5, 0.6) is 0 Å². The predicted molar refractivity (Wildman–Crippen MR) is 110 cm³/mol. The molecular formula is C25H26O5. The van der Waals surface area contributed by atoms with Gasteiger partial charge in [0.25, 0.3) is 0 Å². The number of esters is 1. The predicted octanol–water partition coefficient (Wildman–Crippen LogP) is 3.17. The summed E-state index contributed by atoms with van der Waals surface area (Å²) in [6.45, 7) is 2.19. The summed E-state index contributed by atoms with van der Waals surface area (Å²) in [6.07, 6.45) is 0.848. The number of carbonyl (C=O) groups excluding carboxylic acids is 1. The lowest BCUT2D eigenvalue weighted by atomic mass is 9.88. The minimum absolute atomic E-state index is 0.0215. The Balaban J connectivity index is 1.17. The van der Waals surface area contributed by atoms with Crippen LogP contribution in [0.2, 0.25) is 0 Å². The molecule has 0 unspecified atom stereocenters. The first-order chi connectivity index (χ1) is 14.4. The number of carbonyl (C=O) groups is 1. The third kappa shape index (κ3) is 2.37. The topological polar surface area (TPSA) is 76.0 Å². The Morgan fingerprint density at radius 1 is 1.07 bits per heavy atom. The fraction of sp³-hybridized carbons (Fsp3) is 0.480. The number of benzene rings is 2. The molecule has 0 aromatic heterocycles. The SMILES string of the molecule is C[C@H]1C[C@@]2(O)C[C@]3(CC(=O)OCC4c5ccccc5-c5ccccc54)C[C@]3(O)[C@H]2O1. The van der Waals surface area contributed by atoms with Crippen LogP contribution >= 0.6 is 0 Å². The molecule has 2 aromatic rings. The van der Waals surface area contributed by atoms with Gasteiger partial charge in [0.2, 0.25) is 0 Å². The zero-order chi connectivity index (χ0) is 20.7. The number of aliphatic hydroxyl groups is 2. The Kier molecular flexibility index (Phi) is 3.67. The van der Waals surface area contributed by atoms with E-state index in [1.807, 2.05) is 31.2 Å². The highest BCUT2D eigenvalue weighted by molar-refractivity contribution is 5.79. The van der Waals surface area contributed by atoms with Crippen molar-refractivity contribution in [3.63, 3.8) is 0 Å². The van der Waals surface area contributed by atoms with E-state index in [1.54, 1.807) is 0 Å². The molecule has 5 nitrogen and oxygen atoms in total. The van der Waals surface area contributed by atoms with Crippen LogP contribution in [0.25, 0.3) is 11.1 Å². The molecule has 1 saturated heterocycles. The molecule has 30 heavy (non-hydrogen) atoms. The highest BCUT2D eigenvalue weighted by Gasteiger charge is 2.83. The second-order valence-electron chi connectivity index (χ2n) is 9.78. The summed E-state index contributed by atoms with van der Waals surface area (Å²) in [5.41, 5.74) is 1.99. The van der Waals surface area contributed by atoms with Gasteiger partial charge in [0, 0.05) is 17.8 Å². The highest BCUT2D eigenvalue weighted by atomic mass is 16.5. The normalized spacial score (nSPS) is 38.0. The molecule has 1 heterocycles. The third-order valence-corrected chi connectivity index (χ3v) is 7.83. The van der Waals surface area contributed by atoms with Crippen LogP contribution in [-0.2, 0) is 14.3 Å². The maximum Gasteiger partial charge on any atom is 0.306 e. The Hall–Kier alpha value is -2.21. The Morgan fingerprint density at radius 3 is 2.33 bits per heavy atom. The second-order valence-corrected chi connectivity index (χ2v) is 9.78. The van der Waals surface area contributed by atoms with Crippen LogP contribution in [0.4, 0.5) is 0 Å². The monoisotopic (exact) mass is 406 g/mol. The minimum Gasteiger partial charge on any atom is -0.465 e. The summed E-state index contributed by atoms with van der Waals surface area (Å²) in [5, 5.41) is 22.0. The fourth-order valence-corrected chi connectivity index (χ4v) is 6.60. The average Bonchev–Trinajstić information content (AvgIpc) is 2.95. The third-order valence-electron chi connectivity index (χ3n) is 7.83. The zero-order valence-corrected chi connectivity index (χ0v) is 17.0. The summed E-state index contributed by atoms with van der Waals surface area (Å²) in [7, 11) is 0. The van der Waals surface area contributed by atoms with E-state index in [1.165, 1.54) is 22.3 Å². The molecule has 1 aliphatic heterocycles. The number of ether oxygens (including phenoxy) is 2. The van der Waals surface area contributed by atoms with Crippen LogP contribution in [0.15, 0.2) is 48.5 Å². The van der Waals surface area contributed by atoms with E-state index in [0.717, 1.165) is 0 Å². The van der Waals surface area contributed by atoms with Gasteiger partial charge in [-0.15, -0.1) is 0 Å². The van der Waals surface area contributed by atoms with Crippen molar-refractivity contribution in [2.45, 2.75) is 61.9 Å². The first kappa shape index (κ1) is 18.6. The average molecular weight is 406 g/mol. The van der Waals surface area contributed by atoms with Crippen LogP contribution in [0.1, 0.15) is 49.7 Å². The second kappa shape index (κ2) is 5.94. The largest absolute Gasteiger partial charge is 0.465 e. The molecule has 2 aromatic carbocycles. The molecule has 0 spiro atoms. The van der Waals surface area contributed by atoms with E-state index < -0.39 is 22.7 Å². The first-order valence-electron chi connectivity index (χ1n) is 10.8. The van der Waals surface area contributed by atoms with Gasteiger partial charge in [-0.1, -0.05) is 48.5 Å². The maximum atomic E-state index is 12.8. The molecule has 4 aliphatic rings. The van der Waals surface area contributed by atoms with Crippen LogP contribution in [0, 0.1) is 5.41 Å². The lowest BCUT2D eigenvalue weighted by Crippen LogP contribution is -2.42. The summed E-state index contributed by atoms with van der Waals surface area (Å²) >= 11 is 0. The lowest BCUT2D eigenvalue weighted by Gasteiger charge is -2.25. The summed E-state index contributed by atoms with van der Waals surface area (Å²) in [6, 6.07) is 16.5. The molecule has 0 amide bonds. The van der Waals surface area contributed by atoms with E-state index >= 15 is 0 Å². The molecule has 6 rings (SSSR count). The van der Waals surface area contributed by atoms with Crippen LogP contribution < -0.4 is 0 Å². The Morgan fingerprint density at radius 2 is 1.70 bits per heavy atom. The van der Waals surface area contributed by atoms with Gasteiger partial charge in [0.15, 0.2) is 0 Å². The van der Waals surface area contributed by atoms with E-state index in [4.69, 9.17) is 9.47 Å². The van der Waals surface area contributed by atoms with Gasteiger partial charge in [-0.3, -0.25) is 4.79 Å². The van der Waals surface area contributed by atoms with Crippen molar-refractivity contribution in [2.75, 3.05) is 6.61 Å². The van der Waals surface area contributed by atoms with Crippen molar-refractivity contribution in [3.8, 4) is 11.1 Å². The lowest BCUT2D eigenvalue weighted by molar-refractivity contribution is -0.146. The molecular weight excluding hydrogens is 380 g/mol. The number of rotatable bonds is 4. The van der Waals surface area contributed by atoms with Gasteiger partial charge in [-0.05, 0) is 42.0 Å². The van der Waals surface area contributed by atoms with Crippen molar-refractivity contribution < 1.29 is 24.5 Å². The summed E-state index contributed by atoms with van der Waals surface area (Å²) in [5.74, 6) is -0.294. The Bertz CT molecular complexity index is 1000. The molecule has 5 heteroatoms.